The maximum atomic E-state index is 5.05. The number of anilines is 1. The summed E-state index contributed by atoms with van der Waals surface area (Å²) in [4.78, 5) is 8.50. The maximum absolute atomic E-state index is 5.05. The van der Waals surface area contributed by atoms with Gasteiger partial charge >= 0.3 is 0 Å². The van der Waals surface area contributed by atoms with Crippen LogP contribution in [0.2, 0.25) is 0 Å². The number of nitrogens with zero attached hydrogens (tertiary/aromatic N) is 2. The van der Waals surface area contributed by atoms with Crippen molar-refractivity contribution in [1.82, 2.24) is 9.97 Å². The number of aromatic nitrogens is 2. The third-order valence-electron chi connectivity index (χ3n) is 1.69. The molecule has 0 bridgehead atoms. The van der Waals surface area contributed by atoms with Gasteiger partial charge in [-0.3, -0.25) is 0 Å². The second-order valence-corrected chi connectivity index (χ2v) is 2.71. The van der Waals surface area contributed by atoms with Crippen LogP contribution in [0, 0.1) is 0 Å². The highest BCUT2D eigenvalue weighted by atomic mass is 16.5. The highest BCUT2D eigenvalue weighted by molar-refractivity contribution is 5.37. The van der Waals surface area contributed by atoms with Gasteiger partial charge in [-0.1, -0.05) is 6.92 Å². The standard InChI is InChI=1S/C9H15N3O/c1-4-5-7-11-8(10-2)6-9(12-7)13-3/h6H,4-5H2,1-3H3,(H,10,11,12). The van der Waals surface area contributed by atoms with E-state index in [9.17, 15) is 0 Å². The molecule has 0 spiro atoms. The fourth-order valence-electron chi connectivity index (χ4n) is 1.04. The molecular formula is C9H15N3O. The zero-order valence-electron chi connectivity index (χ0n) is 8.29. The number of rotatable bonds is 4. The van der Waals surface area contributed by atoms with Gasteiger partial charge in [0.25, 0.3) is 0 Å². The third kappa shape index (κ3) is 2.57. The van der Waals surface area contributed by atoms with E-state index in [1.54, 1.807) is 13.2 Å². The van der Waals surface area contributed by atoms with E-state index in [0.29, 0.717) is 5.88 Å². The lowest BCUT2D eigenvalue weighted by Crippen LogP contribution is -2.01. The summed E-state index contributed by atoms with van der Waals surface area (Å²) < 4.78 is 5.05. The first kappa shape index (κ1) is 9.77. The fourth-order valence-corrected chi connectivity index (χ4v) is 1.04. The van der Waals surface area contributed by atoms with Gasteiger partial charge in [0, 0.05) is 19.5 Å². The number of nitrogens with one attached hydrogen (secondary N) is 1. The van der Waals surface area contributed by atoms with Crippen molar-refractivity contribution in [3.63, 3.8) is 0 Å². The molecule has 0 unspecified atom stereocenters. The molecule has 1 N–H and O–H groups in total. The van der Waals surface area contributed by atoms with Crippen molar-refractivity contribution in [1.29, 1.82) is 0 Å². The van der Waals surface area contributed by atoms with Gasteiger partial charge in [-0.25, -0.2) is 4.98 Å². The van der Waals surface area contributed by atoms with Crippen LogP contribution in [0.3, 0.4) is 0 Å². The van der Waals surface area contributed by atoms with Crippen molar-refractivity contribution >= 4 is 5.82 Å². The Morgan fingerprint density at radius 3 is 2.77 bits per heavy atom. The van der Waals surface area contributed by atoms with Gasteiger partial charge in [0.15, 0.2) is 0 Å². The smallest absolute Gasteiger partial charge is 0.218 e. The quantitative estimate of drug-likeness (QED) is 0.764. The third-order valence-corrected chi connectivity index (χ3v) is 1.69. The first-order chi connectivity index (χ1) is 6.30. The molecule has 0 saturated heterocycles. The molecule has 0 fully saturated rings. The number of hydrogen-bond acceptors (Lipinski definition) is 4. The predicted octanol–water partition coefficient (Wildman–Crippen LogP) is 1.48. The Morgan fingerprint density at radius 2 is 2.23 bits per heavy atom. The lowest BCUT2D eigenvalue weighted by atomic mass is 10.3. The van der Waals surface area contributed by atoms with E-state index in [2.05, 4.69) is 22.2 Å². The van der Waals surface area contributed by atoms with Gasteiger partial charge in [-0.15, -0.1) is 0 Å². The van der Waals surface area contributed by atoms with Crippen LogP contribution >= 0.6 is 0 Å². The minimum atomic E-state index is 0.614. The van der Waals surface area contributed by atoms with Crippen molar-refractivity contribution in [2.24, 2.45) is 0 Å². The van der Waals surface area contributed by atoms with Gasteiger partial charge in [0.2, 0.25) is 5.88 Å². The molecule has 1 heterocycles. The molecule has 72 valence electrons. The summed E-state index contributed by atoms with van der Waals surface area (Å²) in [5.74, 6) is 2.24. The van der Waals surface area contributed by atoms with E-state index < -0.39 is 0 Å². The molecule has 13 heavy (non-hydrogen) atoms. The molecular weight excluding hydrogens is 166 g/mol. The van der Waals surface area contributed by atoms with Gasteiger partial charge in [-0.2, -0.15) is 4.98 Å². The summed E-state index contributed by atoms with van der Waals surface area (Å²) in [5, 5.41) is 2.97. The minimum Gasteiger partial charge on any atom is -0.481 e. The zero-order valence-corrected chi connectivity index (χ0v) is 8.29. The molecule has 0 atom stereocenters. The molecule has 0 aliphatic heterocycles. The fraction of sp³-hybridized carbons (Fsp3) is 0.556. The van der Waals surface area contributed by atoms with Gasteiger partial charge < -0.3 is 10.1 Å². The average Bonchev–Trinajstić information content (AvgIpc) is 2.17. The van der Waals surface area contributed by atoms with E-state index in [0.717, 1.165) is 24.5 Å². The largest absolute Gasteiger partial charge is 0.481 e. The molecule has 0 aliphatic rings. The lowest BCUT2D eigenvalue weighted by molar-refractivity contribution is 0.395. The van der Waals surface area contributed by atoms with Crippen molar-refractivity contribution in [2.45, 2.75) is 19.8 Å². The Bertz CT molecular complexity index is 253. The lowest BCUT2D eigenvalue weighted by Gasteiger charge is -2.05. The molecule has 4 heteroatoms. The van der Waals surface area contributed by atoms with Gasteiger partial charge in [0.05, 0.1) is 7.11 Å². The Labute approximate surface area is 78.4 Å². The first-order valence-electron chi connectivity index (χ1n) is 4.39. The van der Waals surface area contributed by atoms with Crippen LogP contribution < -0.4 is 10.1 Å². The zero-order chi connectivity index (χ0) is 9.68. The van der Waals surface area contributed by atoms with E-state index in [1.165, 1.54) is 0 Å². The van der Waals surface area contributed by atoms with Crippen LogP contribution in [0.4, 0.5) is 5.82 Å². The molecule has 0 aromatic carbocycles. The molecule has 0 radical (unpaired) electrons. The first-order valence-corrected chi connectivity index (χ1v) is 4.39. The van der Waals surface area contributed by atoms with Crippen molar-refractivity contribution in [3.05, 3.63) is 11.9 Å². The second kappa shape index (κ2) is 4.64. The number of aryl methyl sites for hydroxylation is 1. The summed E-state index contributed by atoms with van der Waals surface area (Å²) in [6.07, 6.45) is 1.92. The van der Waals surface area contributed by atoms with E-state index in [-0.39, 0.29) is 0 Å². The van der Waals surface area contributed by atoms with Crippen molar-refractivity contribution in [2.75, 3.05) is 19.5 Å². The van der Waals surface area contributed by atoms with Crippen LogP contribution in [0.5, 0.6) is 5.88 Å². The molecule has 0 amide bonds. The average molecular weight is 181 g/mol. The van der Waals surface area contributed by atoms with Crippen molar-refractivity contribution in [3.8, 4) is 5.88 Å². The SMILES string of the molecule is CCCc1nc(NC)cc(OC)n1. The van der Waals surface area contributed by atoms with Crippen LogP contribution in [-0.4, -0.2) is 24.1 Å². The highest BCUT2D eigenvalue weighted by Gasteiger charge is 2.02. The van der Waals surface area contributed by atoms with Gasteiger partial charge in [0.1, 0.15) is 11.6 Å². The maximum Gasteiger partial charge on any atom is 0.218 e. The molecule has 4 nitrogen and oxygen atoms in total. The normalized spacial score (nSPS) is 9.77. The minimum absolute atomic E-state index is 0.614. The Hall–Kier alpha value is -1.32. The predicted molar refractivity (Wildman–Crippen MR) is 52.1 cm³/mol. The molecule has 1 rings (SSSR count). The Balaban J connectivity index is 2.93. The molecule has 0 saturated carbocycles. The topological polar surface area (TPSA) is 47.0 Å². The number of hydrogen-bond donors (Lipinski definition) is 1. The monoisotopic (exact) mass is 181 g/mol. The Morgan fingerprint density at radius 1 is 1.46 bits per heavy atom. The summed E-state index contributed by atoms with van der Waals surface area (Å²) in [5.41, 5.74) is 0. The number of methoxy groups -OCH3 is 1. The van der Waals surface area contributed by atoms with Crippen LogP contribution in [0.25, 0.3) is 0 Å². The Kier molecular flexibility index (Phi) is 3.49. The van der Waals surface area contributed by atoms with Crippen LogP contribution in [0.15, 0.2) is 6.07 Å². The van der Waals surface area contributed by atoms with E-state index in [1.807, 2.05) is 7.05 Å². The van der Waals surface area contributed by atoms with Gasteiger partial charge in [-0.05, 0) is 6.42 Å². The summed E-state index contributed by atoms with van der Waals surface area (Å²) in [7, 11) is 3.44. The number of ether oxygens (including phenoxy) is 1. The molecule has 0 aliphatic carbocycles. The van der Waals surface area contributed by atoms with Crippen LogP contribution in [-0.2, 0) is 6.42 Å². The van der Waals surface area contributed by atoms with Crippen LogP contribution in [0.1, 0.15) is 19.2 Å². The summed E-state index contributed by atoms with van der Waals surface area (Å²) in [6.45, 7) is 2.10. The van der Waals surface area contributed by atoms with E-state index in [4.69, 9.17) is 4.74 Å². The summed E-state index contributed by atoms with van der Waals surface area (Å²) in [6, 6.07) is 1.78. The van der Waals surface area contributed by atoms with Crippen molar-refractivity contribution < 1.29 is 4.74 Å². The summed E-state index contributed by atoms with van der Waals surface area (Å²) >= 11 is 0. The molecule has 1 aromatic heterocycles. The highest BCUT2D eigenvalue weighted by Crippen LogP contribution is 2.13. The van der Waals surface area contributed by atoms with E-state index >= 15 is 0 Å². The second-order valence-electron chi connectivity index (χ2n) is 2.71. The molecule has 1 aromatic rings.